The second-order valence-corrected chi connectivity index (χ2v) is 9.43. The third-order valence-electron chi connectivity index (χ3n) is 5.87. The minimum absolute atomic E-state index is 0.110. The molecule has 168 valence electrons. The predicted molar refractivity (Wildman–Crippen MR) is 129 cm³/mol. The number of likely N-dealkylation sites (N-methyl/N-ethyl adjacent to an activating group) is 1. The zero-order valence-corrected chi connectivity index (χ0v) is 19.2. The van der Waals surface area contributed by atoms with Crippen LogP contribution in [-0.4, -0.2) is 46.6 Å². The molecule has 1 aliphatic heterocycles. The average molecular weight is 452 g/mol. The van der Waals surface area contributed by atoms with E-state index in [0.29, 0.717) is 17.5 Å². The number of hydrogen-bond donors (Lipinski definition) is 2. The van der Waals surface area contributed by atoms with Crippen LogP contribution in [-0.2, 0) is 10.0 Å². The Labute approximate surface area is 190 Å². The van der Waals surface area contributed by atoms with Crippen LogP contribution in [0.2, 0.25) is 0 Å². The van der Waals surface area contributed by atoms with E-state index in [9.17, 15) is 8.42 Å². The Bertz CT molecular complexity index is 1150. The maximum Gasteiger partial charge on any atom is 0.265 e. The van der Waals surface area contributed by atoms with E-state index in [0.717, 1.165) is 37.3 Å². The molecule has 4 rings (SSSR count). The molecule has 0 aliphatic carbocycles. The van der Waals surface area contributed by atoms with E-state index in [1.807, 2.05) is 60.7 Å². The van der Waals surface area contributed by atoms with Gasteiger partial charge in [0.1, 0.15) is 10.6 Å². The van der Waals surface area contributed by atoms with Crippen LogP contribution in [0.15, 0.2) is 77.7 Å². The van der Waals surface area contributed by atoms with Gasteiger partial charge in [0.2, 0.25) is 0 Å². The maximum absolute atomic E-state index is 13.2. The van der Waals surface area contributed by atoms with Gasteiger partial charge in [0.15, 0.2) is 0 Å². The molecule has 32 heavy (non-hydrogen) atoms. The van der Waals surface area contributed by atoms with Gasteiger partial charge in [-0.15, -0.1) is 0 Å². The normalized spacial score (nSPS) is 17.1. The Morgan fingerprint density at radius 3 is 2.47 bits per heavy atom. The molecule has 2 N–H and O–H groups in total. The van der Waals surface area contributed by atoms with E-state index in [4.69, 9.17) is 4.74 Å². The third kappa shape index (κ3) is 4.65. The summed E-state index contributed by atoms with van der Waals surface area (Å²) in [5.74, 6) is 0.328. The van der Waals surface area contributed by atoms with Crippen molar-refractivity contribution >= 4 is 15.7 Å². The third-order valence-corrected chi connectivity index (χ3v) is 7.27. The summed E-state index contributed by atoms with van der Waals surface area (Å²) in [6, 6.07) is 22.7. The minimum atomic E-state index is -3.84. The fourth-order valence-electron chi connectivity index (χ4n) is 4.22. The number of nitrogens with zero attached hydrogens (tertiary/aromatic N) is 1. The first-order valence-electron chi connectivity index (χ1n) is 10.8. The number of hydrogen-bond acceptors (Lipinski definition) is 5. The van der Waals surface area contributed by atoms with Crippen LogP contribution >= 0.6 is 0 Å². The van der Waals surface area contributed by atoms with Gasteiger partial charge in [-0.05, 0) is 35.9 Å². The van der Waals surface area contributed by atoms with E-state index < -0.39 is 10.0 Å². The Balaban J connectivity index is 1.60. The number of nitrogens with one attached hydrogen (secondary N) is 2. The number of ether oxygens (including phenoxy) is 1. The van der Waals surface area contributed by atoms with Gasteiger partial charge in [0.25, 0.3) is 10.0 Å². The highest BCUT2D eigenvalue weighted by molar-refractivity contribution is 7.92. The van der Waals surface area contributed by atoms with Gasteiger partial charge in [-0.3, -0.25) is 9.62 Å². The first-order valence-corrected chi connectivity index (χ1v) is 12.3. The molecule has 3 aromatic rings. The van der Waals surface area contributed by atoms with Crippen molar-refractivity contribution in [3.8, 4) is 16.9 Å². The number of rotatable bonds is 7. The molecule has 7 heteroatoms. The van der Waals surface area contributed by atoms with Crippen LogP contribution in [0.1, 0.15) is 18.5 Å². The number of sulfonamides is 1. The summed E-state index contributed by atoms with van der Waals surface area (Å²) < 4.78 is 34.7. The lowest BCUT2D eigenvalue weighted by Crippen LogP contribution is -2.45. The molecule has 6 nitrogen and oxygen atoms in total. The molecule has 0 aromatic heterocycles. The fourth-order valence-corrected chi connectivity index (χ4v) is 5.47. The first kappa shape index (κ1) is 22.3. The zero-order valence-electron chi connectivity index (χ0n) is 18.4. The molecule has 1 aliphatic rings. The summed E-state index contributed by atoms with van der Waals surface area (Å²) in [7, 11) is -2.34. The maximum atomic E-state index is 13.2. The second kappa shape index (κ2) is 9.73. The summed E-state index contributed by atoms with van der Waals surface area (Å²) in [6.45, 7) is 6.04. The van der Waals surface area contributed by atoms with Crippen LogP contribution in [0.25, 0.3) is 11.1 Å². The highest BCUT2D eigenvalue weighted by Crippen LogP contribution is 2.36. The van der Waals surface area contributed by atoms with Gasteiger partial charge >= 0.3 is 0 Å². The van der Waals surface area contributed by atoms with Crippen LogP contribution in [0.5, 0.6) is 5.75 Å². The number of piperazine rings is 1. The monoisotopic (exact) mass is 451 g/mol. The van der Waals surface area contributed by atoms with Crippen LogP contribution in [0.4, 0.5) is 5.69 Å². The van der Waals surface area contributed by atoms with Crippen LogP contribution < -0.4 is 14.8 Å². The highest BCUT2D eigenvalue weighted by Gasteiger charge is 2.24. The minimum Gasteiger partial charge on any atom is -0.495 e. The predicted octanol–water partition coefficient (Wildman–Crippen LogP) is 4.13. The molecule has 1 atom stereocenters. The van der Waals surface area contributed by atoms with Gasteiger partial charge < -0.3 is 10.1 Å². The van der Waals surface area contributed by atoms with Crippen molar-refractivity contribution in [2.45, 2.75) is 17.9 Å². The second-order valence-electron chi connectivity index (χ2n) is 7.78. The number of methoxy groups -OCH3 is 1. The van der Waals surface area contributed by atoms with Gasteiger partial charge in [0, 0.05) is 36.9 Å². The highest BCUT2D eigenvalue weighted by atomic mass is 32.2. The molecule has 1 heterocycles. The molecule has 0 spiro atoms. The number of para-hydroxylation sites is 1. The lowest BCUT2D eigenvalue weighted by Gasteiger charge is -2.35. The Morgan fingerprint density at radius 2 is 1.78 bits per heavy atom. The summed E-state index contributed by atoms with van der Waals surface area (Å²) >= 11 is 0. The molecular weight excluding hydrogens is 422 g/mol. The largest absolute Gasteiger partial charge is 0.495 e. The molecule has 0 bridgehead atoms. The van der Waals surface area contributed by atoms with Crippen molar-refractivity contribution in [1.82, 2.24) is 10.2 Å². The molecule has 1 saturated heterocycles. The van der Waals surface area contributed by atoms with E-state index in [-0.39, 0.29) is 4.90 Å². The SMILES string of the molecule is CCN1CCNCC1c1ccc(NS(=O)(=O)c2cccc(-c3ccccc3)c2OC)cc1. The van der Waals surface area contributed by atoms with Gasteiger partial charge in [-0.25, -0.2) is 8.42 Å². The van der Waals surface area contributed by atoms with Crippen molar-refractivity contribution in [2.24, 2.45) is 0 Å². The van der Waals surface area contributed by atoms with Crippen molar-refractivity contribution in [3.05, 3.63) is 78.4 Å². The molecule has 1 unspecified atom stereocenters. The Kier molecular flexibility index (Phi) is 6.79. The van der Waals surface area contributed by atoms with E-state index in [2.05, 4.69) is 21.9 Å². The van der Waals surface area contributed by atoms with Crippen molar-refractivity contribution in [3.63, 3.8) is 0 Å². The summed E-state index contributed by atoms with van der Waals surface area (Å²) in [4.78, 5) is 2.54. The Hall–Kier alpha value is -2.87. The van der Waals surface area contributed by atoms with Gasteiger partial charge in [-0.2, -0.15) is 0 Å². The molecule has 0 radical (unpaired) electrons. The van der Waals surface area contributed by atoms with Crippen molar-refractivity contribution < 1.29 is 13.2 Å². The lowest BCUT2D eigenvalue weighted by atomic mass is 10.0. The molecule has 0 amide bonds. The quantitative estimate of drug-likeness (QED) is 0.565. The lowest BCUT2D eigenvalue weighted by molar-refractivity contribution is 0.171. The van der Waals surface area contributed by atoms with Gasteiger partial charge in [-0.1, -0.05) is 61.5 Å². The molecule has 0 saturated carbocycles. The first-order chi connectivity index (χ1) is 15.5. The van der Waals surface area contributed by atoms with Gasteiger partial charge in [0.05, 0.1) is 7.11 Å². The summed E-state index contributed by atoms with van der Waals surface area (Å²) in [5.41, 5.74) is 3.32. The van der Waals surface area contributed by atoms with Crippen molar-refractivity contribution in [1.29, 1.82) is 0 Å². The summed E-state index contributed by atoms with van der Waals surface area (Å²) in [6.07, 6.45) is 0. The summed E-state index contributed by atoms with van der Waals surface area (Å²) in [5, 5.41) is 3.44. The number of anilines is 1. The molecular formula is C25H29N3O3S. The standard InChI is InChI=1S/C25H29N3O3S/c1-3-28-17-16-26-18-23(28)20-12-14-21(15-13-20)27-32(29,30)24-11-7-10-22(25(24)31-2)19-8-5-4-6-9-19/h4-15,23,26-27H,3,16-18H2,1-2H3. The average Bonchev–Trinajstić information content (AvgIpc) is 2.84. The fraction of sp³-hybridized carbons (Fsp3) is 0.280. The van der Waals surface area contributed by atoms with E-state index >= 15 is 0 Å². The smallest absolute Gasteiger partial charge is 0.265 e. The van der Waals surface area contributed by atoms with Crippen LogP contribution in [0, 0.1) is 0 Å². The van der Waals surface area contributed by atoms with Crippen LogP contribution in [0.3, 0.4) is 0 Å². The number of benzene rings is 3. The zero-order chi connectivity index (χ0) is 22.6. The topological polar surface area (TPSA) is 70.7 Å². The molecule has 1 fully saturated rings. The molecule has 3 aromatic carbocycles. The van der Waals surface area contributed by atoms with E-state index in [1.54, 1.807) is 12.1 Å². The van der Waals surface area contributed by atoms with E-state index in [1.165, 1.54) is 12.7 Å². The Morgan fingerprint density at radius 1 is 1.03 bits per heavy atom. The van der Waals surface area contributed by atoms with Crippen molar-refractivity contribution in [2.75, 3.05) is 38.0 Å².